The van der Waals surface area contributed by atoms with Crippen LogP contribution in [-0.2, 0) is 13.0 Å². The lowest BCUT2D eigenvalue weighted by molar-refractivity contribution is 0.702. The van der Waals surface area contributed by atoms with Crippen molar-refractivity contribution in [1.82, 2.24) is 15.3 Å². The van der Waals surface area contributed by atoms with Gasteiger partial charge in [-0.3, -0.25) is 0 Å². The molecular formula is C14H16BrN3. The van der Waals surface area contributed by atoms with Gasteiger partial charge < -0.3 is 5.32 Å². The number of hydrogen-bond donors (Lipinski definition) is 1. The van der Waals surface area contributed by atoms with E-state index in [0.717, 1.165) is 35.5 Å². The molecule has 4 heteroatoms. The van der Waals surface area contributed by atoms with Gasteiger partial charge in [-0.25, -0.2) is 9.97 Å². The summed E-state index contributed by atoms with van der Waals surface area (Å²) in [5.41, 5.74) is 2.24. The van der Waals surface area contributed by atoms with Gasteiger partial charge in [0, 0.05) is 23.6 Å². The van der Waals surface area contributed by atoms with Gasteiger partial charge in [0.1, 0.15) is 5.82 Å². The summed E-state index contributed by atoms with van der Waals surface area (Å²) in [6.07, 6.45) is 2.58. The Hall–Kier alpha value is -1.26. The first kappa shape index (κ1) is 13.2. The third-order valence-corrected chi connectivity index (χ3v) is 3.40. The first-order valence-electron chi connectivity index (χ1n) is 6.04. The number of halogens is 1. The molecule has 0 amide bonds. The van der Waals surface area contributed by atoms with Gasteiger partial charge >= 0.3 is 0 Å². The highest BCUT2D eigenvalue weighted by molar-refractivity contribution is 9.10. The van der Waals surface area contributed by atoms with Gasteiger partial charge in [-0.2, -0.15) is 0 Å². The SMILES string of the molecule is CCNCc1ccnc(Cc2ccccc2Br)n1. The Bertz CT molecular complexity index is 514. The Balaban J connectivity index is 2.12. The molecular weight excluding hydrogens is 290 g/mol. The molecule has 0 bridgehead atoms. The second-order valence-electron chi connectivity index (χ2n) is 4.01. The number of aromatic nitrogens is 2. The van der Waals surface area contributed by atoms with Crippen LogP contribution in [0.25, 0.3) is 0 Å². The van der Waals surface area contributed by atoms with Crippen molar-refractivity contribution in [1.29, 1.82) is 0 Å². The standard InChI is InChI=1S/C14H16BrN3/c1-2-16-10-12-7-8-17-14(18-12)9-11-5-3-4-6-13(11)15/h3-8,16H,2,9-10H2,1H3. The predicted octanol–water partition coefficient (Wildman–Crippen LogP) is 2.94. The third-order valence-electron chi connectivity index (χ3n) is 2.63. The zero-order valence-electron chi connectivity index (χ0n) is 10.4. The summed E-state index contributed by atoms with van der Waals surface area (Å²) in [5, 5.41) is 3.27. The topological polar surface area (TPSA) is 37.8 Å². The van der Waals surface area contributed by atoms with Crippen molar-refractivity contribution in [2.75, 3.05) is 6.54 Å². The molecule has 0 fully saturated rings. The van der Waals surface area contributed by atoms with E-state index in [1.54, 1.807) is 0 Å². The van der Waals surface area contributed by atoms with Gasteiger partial charge in [-0.15, -0.1) is 0 Å². The maximum atomic E-state index is 4.55. The lowest BCUT2D eigenvalue weighted by atomic mass is 10.1. The van der Waals surface area contributed by atoms with Gasteiger partial charge in [0.25, 0.3) is 0 Å². The molecule has 3 nitrogen and oxygen atoms in total. The first-order valence-corrected chi connectivity index (χ1v) is 6.84. The predicted molar refractivity (Wildman–Crippen MR) is 76.4 cm³/mol. The molecule has 94 valence electrons. The fourth-order valence-electron chi connectivity index (χ4n) is 1.69. The van der Waals surface area contributed by atoms with E-state index < -0.39 is 0 Å². The fourth-order valence-corrected chi connectivity index (χ4v) is 2.12. The van der Waals surface area contributed by atoms with Crippen molar-refractivity contribution in [3.05, 3.63) is 58.1 Å². The van der Waals surface area contributed by atoms with Crippen molar-refractivity contribution < 1.29 is 0 Å². The first-order chi connectivity index (χ1) is 8.79. The molecule has 1 N–H and O–H groups in total. The highest BCUT2D eigenvalue weighted by Gasteiger charge is 2.04. The molecule has 0 aliphatic rings. The van der Waals surface area contributed by atoms with Gasteiger partial charge in [-0.1, -0.05) is 41.1 Å². The highest BCUT2D eigenvalue weighted by atomic mass is 79.9. The largest absolute Gasteiger partial charge is 0.311 e. The highest BCUT2D eigenvalue weighted by Crippen LogP contribution is 2.18. The summed E-state index contributed by atoms with van der Waals surface area (Å²) < 4.78 is 1.10. The Kier molecular flexibility index (Phi) is 4.84. The molecule has 1 aromatic heterocycles. The van der Waals surface area contributed by atoms with E-state index in [2.05, 4.69) is 44.2 Å². The van der Waals surface area contributed by atoms with E-state index >= 15 is 0 Å². The van der Waals surface area contributed by atoms with Crippen molar-refractivity contribution in [2.45, 2.75) is 19.9 Å². The van der Waals surface area contributed by atoms with E-state index in [9.17, 15) is 0 Å². The van der Waals surface area contributed by atoms with Gasteiger partial charge in [0.15, 0.2) is 0 Å². The van der Waals surface area contributed by atoms with Gasteiger partial charge in [0.05, 0.1) is 5.69 Å². The van der Waals surface area contributed by atoms with Crippen LogP contribution in [0, 0.1) is 0 Å². The van der Waals surface area contributed by atoms with Crippen LogP contribution in [0.15, 0.2) is 41.0 Å². The average Bonchev–Trinajstić information content (AvgIpc) is 2.40. The number of benzene rings is 1. The Labute approximate surface area is 116 Å². The molecule has 0 saturated heterocycles. The molecule has 0 aliphatic carbocycles. The monoisotopic (exact) mass is 305 g/mol. The second kappa shape index (κ2) is 6.61. The van der Waals surface area contributed by atoms with Crippen LogP contribution in [0.5, 0.6) is 0 Å². The molecule has 0 aliphatic heterocycles. The zero-order valence-corrected chi connectivity index (χ0v) is 11.9. The minimum Gasteiger partial charge on any atom is -0.311 e. The molecule has 2 aromatic rings. The molecule has 0 unspecified atom stereocenters. The number of hydrogen-bond acceptors (Lipinski definition) is 3. The van der Waals surface area contributed by atoms with Crippen LogP contribution in [0.4, 0.5) is 0 Å². The molecule has 0 radical (unpaired) electrons. The quantitative estimate of drug-likeness (QED) is 0.923. The van der Waals surface area contributed by atoms with Gasteiger partial charge in [0.2, 0.25) is 0 Å². The van der Waals surface area contributed by atoms with Crippen molar-refractivity contribution in [2.24, 2.45) is 0 Å². The van der Waals surface area contributed by atoms with E-state index in [4.69, 9.17) is 0 Å². The molecule has 18 heavy (non-hydrogen) atoms. The van der Waals surface area contributed by atoms with Crippen LogP contribution in [0.1, 0.15) is 24.0 Å². The van der Waals surface area contributed by atoms with Crippen LogP contribution < -0.4 is 5.32 Å². The molecule has 0 saturated carbocycles. The minimum atomic E-state index is 0.751. The maximum absolute atomic E-state index is 4.55. The summed E-state index contributed by atoms with van der Waals surface area (Å²) >= 11 is 3.55. The second-order valence-corrected chi connectivity index (χ2v) is 4.87. The van der Waals surface area contributed by atoms with Gasteiger partial charge in [-0.05, 0) is 24.2 Å². The summed E-state index contributed by atoms with van der Waals surface area (Å²) in [6, 6.07) is 10.1. The summed E-state index contributed by atoms with van der Waals surface area (Å²) in [4.78, 5) is 8.88. The number of nitrogens with one attached hydrogen (secondary N) is 1. The number of rotatable bonds is 5. The van der Waals surface area contributed by atoms with Crippen LogP contribution >= 0.6 is 15.9 Å². The average molecular weight is 306 g/mol. The van der Waals surface area contributed by atoms with Crippen molar-refractivity contribution in [3.63, 3.8) is 0 Å². The summed E-state index contributed by atoms with van der Waals surface area (Å²) in [6.45, 7) is 3.83. The Morgan fingerprint density at radius 2 is 2.06 bits per heavy atom. The lowest BCUT2D eigenvalue weighted by Crippen LogP contribution is -2.13. The smallest absolute Gasteiger partial charge is 0.132 e. The van der Waals surface area contributed by atoms with Crippen LogP contribution in [0.2, 0.25) is 0 Å². The number of nitrogens with zero attached hydrogens (tertiary/aromatic N) is 2. The van der Waals surface area contributed by atoms with Crippen molar-refractivity contribution in [3.8, 4) is 0 Å². The maximum Gasteiger partial charge on any atom is 0.132 e. The minimum absolute atomic E-state index is 0.751. The van der Waals surface area contributed by atoms with E-state index in [-0.39, 0.29) is 0 Å². The lowest BCUT2D eigenvalue weighted by Gasteiger charge is -2.05. The zero-order chi connectivity index (χ0) is 12.8. The van der Waals surface area contributed by atoms with E-state index in [1.165, 1.54) is 5.56 Å². The molecule has 0 atom stereocenters. The molecule has 2 rings (SSSR count). The summed E-state index contributed by atoms with van der Waals surface area (Å²) in [5.74, 6) is 0.859. The van der Waals surface area contributed by atoms with Crippen LogP contribution in [-0.4, -0.2) is 16.5 Å². The third kappa shape index (κ3) is 3.62. The Morgan fingerprint density at radius 3 is 2.83 bits per heavy atom. The normalized spacial score (nSPS) is 10.6. The van der Waals surface area contributed by atoms with E-state index in [1.807, 2.05) is 30.5 Å². The fraction of sp³-hybridized carbons (Fsp3) is 0.286. The van der Waals surface area contributed by atoms with Crippen molar-refractivity contribution >= 4 is 15.9 Å². The van der Waals surface area contributed by atoms with Crippen LogP contribution in [0.3, 0.4) is 0 Å². The summed E-state index contributed by atoms with van der Waals surface area (Å²) in [7, 11) is 0. The Morgan fingerprint density at radius 1 is 1.22 bits per heavy atom. The molecule has 0 spiro atoms. The molecule has 1 aromatic carbocycles. The molecule has 1 heterocycles. The van der Waals surface area contributed by atoms with E-state index in [0.29, 0.717) is 0 Å².